The third kappa shape index (κ3) is 33.2. The third-order valence-electron chi connectivity index (χ3n) is 6.76. The summed E-state index contributed by atoms with van der Waals surface area (Å²) in [4.78, 5) is 0.128. The van der Waals surface area contributed by atoms with Crippen molar-refractivity contribution in [3.63, 3.8) is 0 Å². The highest BCUT2D eigenvalue weighted by Gasteiger charge is 2.14. The highest BCUT2D eigenvalue weighted by molar-refractivity contribution is 7.86. The zero-order valence-electron chi connectivity index (χ0n) is 31.6. The topological polar surface area (TPSA) is 154 Å². The van der Waals surface area contributed by atoms with Crippen molar-refractivity contribution in [2.24, 2.45) is 0 Å². The van der Waals surface area contributed by atoms with Gasteiger partial charge in [0.1, 0.15) is 0 Å². The predicted octanol–water partition coefficient (Wildman–Crippen LogP) is 3.09. The quantitative estimate of drug-likeness (QED) is 0.0706. The normalized spacial score (nSPS) is 11.9. The summed E-state index contributed by atoms with van der Waals surface area (Å²) in [6.45, 7) is 15.7. The summed E-state index contributed by atoms with van der Waals surface area (Å²) in [6, 6.07) is 6.48. The molecule has 0 fully saturated rings. The van der Waals surface area contributed by atoms with Crippen LogP contribution in [0.1, 0.15) is 31.7 Å². The van der Waals surface area contributed by atoms with E-state index in [9.17, 15) is 8.42 Å². The molecule has 0 spiro atoms. The van der Waals surface area contributed by atoms with Crippen molar-refractivity contribution in [3.05, 3.63) is 29.8 Å². The van der Waals surface area contributed by atoms with E-state index in [1.54, 1.807) is 12.1 Å². The summed E-state index contributed by atoms with van der Waals surface area (Å²) in [7, 11) is -3.78. The van der Waals surface area contributed by atoms with Crippen molar-refractivity contribution in [1.82, 2.24) is 0 Å². The average Bonchev–Trinajstić information content (AvgIpc) is 3.14. The van der Waals surface area contributed by atoms with Crippen molar-refractivity contribution in [2.75, 3.05) is 165 Å². The summed E-state index contributed by atoms with van der Waals surface area (Å²) < 4.78 is 94.7. The molecule has 1 rings (SSSR count). The van der Waals surface area contributed by atoms with Gasteiger partial charge in [-0.15, -0.1) is 0 Å². The van der Waals surface area contributed by atoms with E-state index >= 15 is 0 Å². The fraction of sp³-hybridized carbons (Fsp3) is 0.833. The molecule has 1 aromatic carbocycles. The van der Waals surface area contributed by atoms with Gasteiger partial charge in [0.25, 0.3) is 10.1 Å². The number of hydrogen-bond donors (Lipinski definition) is 0. The Hall–Kier alpha value is -1.35. The van der Waals surface area contributed by atoms with E-state index in [2.05, 4.69) is 6.92 Å². The fourth-order valence-corrected chi connectivity index (χ4v) is 4.84. The second-order valence-electron chi connectivity index (χ2n) is 11.1. The van der Waals surface area contributed by atoms with Gasteiger partial charge in [-0.1, -0.05) is 37.5 Å². The van der Waals surface area contributed by atoms with Crippen molar-refractivity contribution >= 4 is 10.1 Å². The van der Waals surface area contributed by atoms with E-state index < -0.39 is 10.1 Å². The molecule has 16 heteroatoms. The molecule has 0 heterocycles. The molecule has 0 unspecified atom stereocenters. The number of aryl methyl sites for hydroxylation is 1. The van der Waals surface area contributed by atoms with Crippen LogP contribution in [0.5, 0.6) is 0 Å². The largest absolute Gasteiger partial charge is 0.379 e. The van der Waals surface area contributed by atoms with E-state index in [0.717, 1.165) is 18.6 Å². The maximum atomic E-state index is 12.1. The van der Waals surface area contributed by atoms with E-state index in [0.29, 0.717) is 145 Å². The minimum Gasteiger partial charge on any atom is -0.379 e. The molecule has 0 aromatic heterocycles. The molecule has 0 amide bonds. The lowest BCUT2D eigenvalue weighted by atomic mass is 10.2. The summed E-state index contributed by atoms with van der Waals surface area (Å²) in [6.07, 6.45) is 3.52. The van der Waals surface area contributed by atoms with Crippen molar-refractivity contribution in [3.8, 4) is 0 Å². The highest BCUT2D eigenvalue weighted by atomic mass is 32.2. The second-order valence-corrected chi connectivity index (χ2v) is 12.8. The first-order chi connectivity index (χ1) is 25.6. The van der Waals surface area contributed by atoms with Gasteiger partial charge < -0.3 is 56.8 Å². The smallest absolute Gasteiger partial charge is 0.297 e. The van der Waals surface area contributed by atoms with Gasteiger partial charge >= 0.3 is 0 Å². The number of ether oxygens (including phenoxy) is 12. The molecule has 0 radical (unpaired) electrons. The van der Waals surface area contributed by atoms with E-state index in [1.165, 1.54) is 25.0 Å². The first-order valence-corrected chi connectivity index (χ1v) is 19.9. The SMILES string of the molecule is CCCCCOCCOCCOCCOCCOCCOCCOCCOCCOCCOCCOCCOCCOS(=O)(=O)c1ccc(C)cc1. The van der Waals surface area contributed by atoms with Crippen molar-refractivity contribution in [2.45, 2.75) is 38.0 Å². The first-order valence-electron chi connectivity index (χ1n) is 18.4. The Morgan fingerprint density at radius 3 is 0.885 bits per heavy atom. The van der Waals surface area contributed by atoms with Crippen LogP contribution in [0.3, 0.4) is 0 Å². The van der Waals surface area contributed by atoms with Crippen LogP contribution in [0.2, 0.25) is 0 Å². The molecule has 1 aromatic rings. The van der Waals surface area contributed by atoms with Gasteiger partial charge in [-0.05, 0) is 25.5 Å². The van der Waals surface area contributed by atoms with Crippen LogP contribution in [0.4, 0.5) is 0 Å². The predicted molar refractivity (Wildman–Crippen MR) is 194 cm³/mol. The minimum absolute atomic E-state index is 0.0602. The first kappa shape index (κ1) is 48.7. The van der Waals surface area contributed by atoms with Crippen molar-refractivity contribution in [1.29, 1.82) is 0 Å². The molecule has 0 aliphatic carbocycles. The van der Waals surface area contributed by atoms with Crippen LogP contribution in [-0.4, -0.2) is 174 Å². The van der Waals surface area contributed by atoms with Crippen molar-refractivity contribution < 1.29 is 69.4 Å². The van der Waals surface area contributed by atoms with Gasteiger partial charge in [0.05, 0.1) is 163 Å². The van der Waals surface area contributed by atoms with Crippen LogP contribution < -0.4 is 0 Å². The van der Waals surface area contributed by atoms with Crippen LogP contribution in [-0.2, 0) is 71.1 Å². The molecule has 0 saturated carbocycles. The highest BCUT2D eigenvalue weighted by Crippen LogP contribution is 2.12. The monoisotopic (exact) mass is 770 g/mol. The van der Waals surface area contributed by atoms with Crippen LogP contribution >= 0.6 is 0 Å². The average molecular weight is 771 g/mol. The molecular weight excluding hydrogens is 704 g/mol. The lowest BCUT2D eigenvalue weighted by molar-refractivity contribution is -0.0285. The summed E-state index contributed by atoms with van der Waals surface area (Å²) in [5, 5.41) is 0. The van der Waals surface area contributed by atoms with E-state index in [1.807, 2.05) is 6.92 Å². The maximum absolute atomic E-state index is 12.1. The number of unbranched alkanes of at least 4 members (excludes halogenated alkanes) is 2. The molecule has 0 saturated heterocycles. The molecule has 0 N–H and O–H groups in total. The third-order valence-corrected chi connectivity index (χ3v) is 8.09. The van der Waals surface area contributed by atoms with Crippen LogP contribution in [0, 0.1) is 6.92 Å². The Balaban J connectivity index is 1.65. The van der Waals surface area contributed by atoms with Gasteiger partial charge in [0.15, 0.2) is 0 Å². The Bertz CT molecular complexity index is 969. The molecule has 0 aliphatic heterocycles. The Morgan fingerprint density at radius 1 is 0.365 bits per heavy atom. The van der Waals surface area contributed by atoms with E-state index in [-0.39, 0.29) is 18.1 Å². The number of benzene rings is 1. The lowest BCUT2D eigenvalue weighted by Gasteiger charge is -2.09. The molecule has 0 bridgehead atoms. The van der Waals surface area contributed by atoms with Gasteiger partial charge in [0, 0.05) is 6.61 Å². The number of hydrogen-bond acceptors (Lipinski definition) is 15. The van der Waals surface area contributed by atoms with Crippen LogP contribution in [0.15, 0.2) is 29.2 Å². The van der Waals surface area contributed by atoms with Gasteiger partial charge in [-0.2, -0.15) is 8.42 Å². The molecule has 0 atom stereocenters. The molecule has 0 aliphatic rings. The molecule has 15 nitrogen and oxygen atoms in total. The molecule has 52 heavy (non-hydrogen) atoms. The summed E-state index contributed by atoms with van der Waals surface area (Å²) >= 11 is 0. The van der Waals surface area contributed by atoms with Crippen LogP contribution in [0.25, 0.3) is 0 Å². The standard InChI is InChI=1S/C36H66O15S/c1-3-4-5-10-39-11-12-40-13-14-41-15-16-42-17-18-43-19-20-44-21-22-45-23-24-46-25-26-47-27-28-48-29-30-49-31-32-50-33-34-51-52(37,38)36-8-6-35(2)7-9-36/h6-9H,3-5,10-34H2,1-2H3. The zero-order chi connectivity index (χ0) is 37.5. The number of rotatable bonds is 42. The fourth-order valence-electron chi connectivity index (χ4n) is 3.95. The van der Waals surface area contributed by atoms with Gasteiger partial charge in [-0.3, -0.25) is 4.18 Å². The Morgan fingerprint density at radius 2 is 0.615 bits per heavy atom. The Labute approximate surface area is 312 Å². The zero-order valence-corrected chi connectivity index (χ0v) is 32.5. The van der Waals surface area contributed by atoms with Gasteiger partial charge in [0.2, 0.25) is 0 Å². The lowest BCUT2D eigenvalue weighted by Crippen LogP contribution is -2.16. The van der Waals surface area contributed by atoms with Gasteiger partial charge in [-0.25, -0.2) is 0 Å². The maximum Gasteiger partial charge on any atom is 0.297 e. The minimum atomic E-state index is -3.78. The summed E-state index contributed by atoms with van der Waals surface area (Å²) in [5.74, 6) is 0. The second kappa shape index (κ2) is 37.9. The molecular formula is C36H66O15S. The Kier molecular flexibility index (Phi) is 35.5. The summed E-state index contributed by atoms with van der Waals surface area (Å²) in [5.41, 5.74) is 0.975. The van der Waals surface area contributed by atoms with E-state index in [4.69, 9.17) is 61.0 Å². The molecule has 306 valence electrons.